The second-order valence-electron chi connectivity index (χ2n) is 5.06. The number of carboxylic acid groups (broad SMARTS) is 1. The number of amides is 1. The van der Waals surface area contributed by atoms with Crippen molar-refractivity contribution in [2.45, 2.75) is 6.92 Å². The summed E-state index contributed by atoms with van der Waals surface area (Å²) >= 11 is 6.06. The molecular formula is C15H14BClN2O4. The number of carbonyl (C=O) groups excluding carboxylic acids is 1. The van der Waals surface area contributed by atoms with E-state index in [1.54, 1.807) is 6.07 Å². The predicted molar refractivity (Wildman–Crippen MR) is 89.2 cm³/mol. The van der Waals surface area contributed by atoms with Gasteiger partial charge in [0.25, 0.3) is 5.91 Å². The molecule has 1 amide bonds. The Kier molecular flexibility index (Phi) is 4.90. The number of carboxylic acids is 1. The molecule has 0 radical (unpaired) electrons. The first-order valence-electron chi connectivity index (χ1n) is 6.75. The van der Waals surface area contributed by atoms with Crippen molar-refractivity contribution in [3.05, 3.63) is 40.7 Å². The average Bonchev–Trinajstić information content (AvgIpc) is 2.48. The molecule has 0 atom stereocenters. The lowest BCUT2D eigenvalue weighted by Crippen LogP contribution is -2.29. The lowest BCUT2D eigenvalue weighted by Gasteiger charge is -2.11. The fourth-order valence-electron chi connectivity index (χ4n) is 2.13. The van der Waals surface area contributed by atoms with Gasteiger partial charge in [-0.25, -0.2) is 4.98 Å². The van der Waals surface area contributed by atoms with E-state index < -0.39 is 18.4 Å². The van der Waals surface area contributed by atoms with E-state index in [-0.39, 0.29) is 11.4 Å². The number of carbonyl (C=O) groups is 2. The van der Waals surface area contributed by atoms with E-state index >= 15 is 0 Å². The number of halogens is 1. The van der Waals surface area contributed by atoms with Crippen LogP contribution >= 0.6 is 11.6 Å². The molecule has 0 fully saturated rings. The number of rotatable bonds is 4. The lowest BCUT2D eigenvalue weighted by molar-refractivity contribution is -0.135. The van der Waals surface area contributed by atoms with Gasteiger partial charge in [-0.15, -0.1) is 0 Å². The molecule has 0 saturated heterocycles. The van der Waals surface area contributed by atoms with Crippen LogP contribution in [0, 0.1) is 6.92 Å². The first kappa shape index (κ1) is 16.8. The summed E-state index contributed by atoms with van der Waals surface area (Å²) in [6, 6.07) is 4.99. The minimum absolute atomic E-state index is 0.230. The maximum absolute atomic E-state index is 11.8. The minimum Gasteiger partial charge on any atom is -0.505 e. The molecule has 1 heterocycles. The fourth-order valence-corrected chi connectivity index (χ4v) is 2.40. The van der Waals surface area contributed by atoms with Gasteiger partial charge in [0.15, 0.2) is 5.69 Å². The van der Waals surface area contributed by atoms with E-state index in [1.165, 1.54) is 12.3 Å². The molecule has 0 aliphatic carbocycles. The van der Waals surface area contributed by atoms with Crippen molar-refractivity contribution in [2.24, 2.45) is 0 Å². The van der Waals surface area contributed by atoms with Gasteiger partial charge in [-0.2, -0.15) is 0 Å². The van der Waals surface area contributed by atoms with Gasteiger partial charge in [0.2, 0.25) is 0 Å². The standard InChI is InChI=1S/C15H14BClN2O4/c1-7-10(3-9(17)4-11(7)16)8-2-12(20)14(18-5-8)15(23)19-6-13(21)22/h2-5,20H,6,16H2,1H3,(H,19,23)(H,21,22). The highest BCUT2D eigenvalue weighted by atomic mass is 35.5. The smallest absolute Gasteiger partial charge is 0.322 e. The number of nitrogens with zero attached hydrogens (tertiary/aromatic N) is 1. The molecule has 0 unspecified atom stereocenters. The van der Waals surface area contributed by atoms with Crippen LogP contribution in [0.3, 0.4) is 0 Å². The van der Waals surface area contributed by atoms with Crippen LogP contribution in [0.15, 0.2) is 24.4 Å². The largest absolute Gasteiger partial charge is 0.505 e. The number of aliphatic carboxylic acids is 1. The molecular weight excluding hydrogens is 318 g/mol. The quantitative estimate of drug-likeness (QED) is 0.708. The third-order valence-electron chi connectivity index (χ3n) is 3.43. The Morgan fingerprint density at radius 1 is 1.35 bits per heavy atom. The van der Waals surface area contributed by atoms with Crippen LogP contribution in [0.1, 0.15) is 16.1 Å². The lowest BCUT2D eigenvalue weighted by atomic mass is 9.86. The maximum Gasteiger partial charge on any atom is 0.322 e. The summed E-state index contributed by atoms with van der Waals surface area (Å²) in [5.74, 6) is -2.27. The van der Waals surface area contributed by atoms with E-state index in [0.717, 1.165) is 16.6 Å². The normalized spacial score (nSPS) is 10.3. The second-order valence-corrected chi connectivity index (χ2v) is 5.50. The van der Waals surface area contributed by atoms with E-state index in [2.05, 4.69) is 10.3 Å². The van der Waals surface area contributed by atoms with E-state index in [9.17, 15) is 14.7 Å². The molecule has 8 heteroatoms. The number of aromatic nitrogens is 1. The van der Waals surface area contributed by atoms with E-state index in [0.29, 0.717) is 10.6 Å². The van der Waals surface area contributed by atoms with Crippen molar-refractivity contribution in [3.8, 4) is 16.9 Å². The third-order valence-corrected chi connectivity index (χ3v) is 3.64. The molecule has 0 aliphatic rings. The monoisotopic (exact) mass is 332 g/mol. The van der Waals surface area contributed by atoms with Gasteiger partial charge in [0.1, 0.15) is 20.1 Å². The van der Waals surface area contributed by atoms with Crippen molar-refractivity contribution >= 4 is 36.8 Å². The zero-order valence-corrected chi connectivity index (χ0v) is 13.3. The van der Waals surface area contributed by atoms with Crippen LogP contribution in [0.25, 0.3) is 11.1 Å². The van der Waals surface area contributed by atoms with Crippen LogP contribution in [0.4, 0.5) is 0 Å². The molecule has 2 rings (SSSR count). The molecule has 118 valence electrons. The number of nitrogens with one attached hydrogen (secondary N) is 1. The van der Waals surface area contributed by atoms with Crippen molar-refractivity contribution in [2.75, 3.05) is 6.54 Å². The second kappa shape index (κ2) is 6.70. The molecule has 3 N–H and O–H groups in total. The Hall–Kier alpha value is -2.54. The highest BCUT2D eigenvalue weighted by molar-refractivity contribution is 6.37. The number of benzene rings is 1. The SMILES string of the molecule is Bc1cc(Cl)cc(-c2cnc(C(=O)NCC(=O)O)c(O)c2)c1C. The molecule has 0 bridgehead atoms. The summed E-state index contributed by atoms with van der Waals surface area (Å²) in [5, 5.41) is 21.3. The number of hydrogen-bond donors (Lipinski definition) is 3. The van der Waals surface area contributed by atoms with E-state index in [1.807, 2.05) is 20.8 Å². The fraction of sp³-hybridized carbons (Fsp3) is 0.133. The van der Waals surface area contributed by atoms with Crippen molar-refractivity contribution in [1.82, 2.24) is 10.3 Å². The number of hydrogen-bond acceptors (Lipinski definition) is 4. The first-order valence-corrected chi connectivity index (χ1v) is 7.13. The Balaban J connectivity index is 2.37. The molecule has 23 heavy (non-hydrogen) atoms. The molecule has 0 aliphatic heterocycles. The Morgan fingerprint density at radius 3 is 2.65 bits per heavy atom. The summed E-state index contributed by atoms with van der Waals surface area (Å²) in [5.41, 5.74) is 3.16. The number of aromatic hydroxyl groups is 1. The van der Waals surface area contributed by atoms with Crippen LogP contribution in [-0.4, -0.2) is 41.5 Å². The Morgan fingerprint density at radius 2 is 2.04 bits per heavy atom. The van der Waals surface area contributed by atoms with Crippen molar-refractivity contribution < 1.29 is 19.8 Å². The summed E-state index contributed by atoms with van der Waals surface area (Å²) in [6.45, 7) is 1.37. The van der Waals surface area contributed by atoms with Crippen LogP contribution < -0.4 is 10.8 Å². The van der Waals surface area contributed by atoms with Crippen molar-refractivity contribution in [3.63, 3.8) is 0 Å². The average molecular weight is 333 g/mol. The van der Waals surface area contributed by atoms with Gasteiger partial charge in [-0.3, -0.25) is 9.59 Å². The van der Waals surface area contributed by atoms with Gasteiger partial charge < -0.3 is 15.5 Å². The van der Waals surface area contributed by atoms with Gasteiger partial charge in [0, 0.05) is 16.8 Å². The van der Waals surface area contributed by atoms with Gasteiger partial charge in [-0.1, -0.05) is 17.1 Å². The molecule has 0 saturated carbocycles. The van der Waals surface area contributed by atoms with Crippen molar-refractivity contribution in [1.29, 1.82) is 0 Å². The minimum atomic E-state index is -1.18. The van der Waals surface area contributed by atoms with Crippen LogP contribution in [0.5, 0.6) is 5.75 Å². The highest BCUT2D eigenvalue weighted by Gasteiger charge is 2.16. The number of pyridine rings is 1. The van der Waals surface area contributed by atoms with Gasteiger partial charge >= 0.3 is 5.97 Å². The first-order chi connectivity index (χ1) is 10.8. The van der Waals surface area contributed by atoms with Crippen LogP contribution in [0.2, 0.25) is 5.02 Å². The van der Waals surface area contributed by atoms with Gasteiger partial charge in [-0.05, 0) is 36.2 Å². The third kappa shape index (κ3) is 3.81. The summed E-state index contributed by atoms with van der Waals surface area (Å²) < 4.78 is 0. The molecule has 6 nitrogen and oxygen atoms in total. The van der Waals surface area contributed by atoms with Gasteiger partial charge in [0.05, 0.1) is 0 Å². The Bertz CT molecular complexity index is 795. The molecule has 2 aromatic rings. The molecule has 1 aromatic carbocycles. The van der Waals surface area contributed by atoms with E-state index in [4.69, 9.17) is 16.7 Å². The summed E-state index contributed by atoms with van der Waals surface area (Å²) in [4.78, 5) is 26.2. The highest BCUT2D eigenvalue weighted by Crippen LogP contribution is 2.28. The zero-order valence-electron chi connectivity index (χ0n) is 12.6. The zero-order chi connectivity index (χ0) is 17.1. The predicted octanol–water partition coefficient (Wildman–Crippen LogP) is 0.489. The molecule has 1 aromatic heterocycles. The van der Waals surface area contributed by atoms with Crippen LogP contribution in [-0.2, 0) is 4.79 Å². The summed E-state index contributed by atoms with van der Waals surface area (Å²) in [6.07, 6.45) is 1.44. The maximum atomic E-state index is 11.8. The Labute approximate surface area is 138 Å². The molecule has 0 spiro atoms. The summed E-state index contributed by atoms with van der Waals surface area (Å²) in [7, 11) is 1.92. The topological polar surface area (TPSA) is 99.5 Å².